The molecule has 1 fully saturated rings. The van der Waals surface area contributed by atoms with E-state index in [1.54, 1.807) is 0 Å². The maximum atomic E-state index is 13.0. The highest BCUT2D eigenvalue weighted by Gasteiger charge is 2.41. The van der Waals surface area contributed by atoms with Crippen LogP contribution in [0.5, 0.6) is 0 Å². The molecule has 2 rings (SSSR count). The topological polar surface area (TPSA) is 71.1 Å². The van der Waals surface area contributed by atoms with E-state index < -0.39 is 5.54 Å². The Morgan fingerprint density at radius 3 is 2.38 bits per heavy atom. The van der Waals surface area contributed by atoms with Crippen LogP contribution < -0.4 is 10.6 Å². The zero-order valence-electron chi connectivity index (χ0n) is 16.8. The standard InChI is InChI=1S/C20H33N3O2S/c1-6-7-13-21-17(25)20(11-9-8-10-12-20)23-16(24)15-14(2)22-18(26-15)19(3,4)5/h6-13H2,1-5H3,(H,21,25)(H,23,24). The molecule has 2 N–H and O–H groups in total. The number of nitrogens with zero attached hydrogens (tertiary/aromatic N) is 1. The summed E-state index contributed by atoms with van der Waals surface area (Å²) in [6, 6.07) is 0. The van der Waals surface area contributed by atoms with E-state index in [1.807, 2.05) is 6.92 Å². The molecule has 0 spiro atoms. The average molecular weight is 380 g/mol. The van der Waals surface area contributed by atoms with E-state index >= 15 is 0 Å². The minimum atomic E-state index is -0.776. The normalized spacial score (nSPS) is 17.0. The van der Waals surface area contributed by atoms with Crippen LogP contribution in [-0.4, -0.2) is 28.9 Å². The highest BCUT2D eigenvalue weighted by molar-refractivity contribution is 7.14. The quantitative estimate of drug-likeness (QED) is 0.731. The van der Waals surface area contributed by atoms with Gasteiger partial charge in [-0.3, -0.25) is 9.59 Å². The van der Waals surface area contributed by atoms with Crippen molar-refractivity contribution < 1.29 is 9.59 Å². The van der Waals surface area contributed by atoms with Crippen LogP contribution in [0.15, 0.2) is 0 Å². The van der Waals surface area contributed by atoms with Gasteiger partial charge in [0.05, 0.1) is 10.7 Å². The Morgan fingerprint density at radius 2 is 1.85 bits per heavy atom. The molecule has 146 valence electrons. The Kier molecular flexibility index (Phi) is 6.83. The fraction of sp³-hybridized carbons (Fsp3) is 0.750. The maximum Gasteiger partial charge on any atom is 0.264 e. The van der Waals surface area contributed by atoms with E-state index in [0.29, 0.717) is 24.3 Å². The van der Waals surface area contributed by atoms with Crippen molar-refractivity contribution in [3.8, 4) is 0 Å². The Bertz CT molecular complexity index is 640. The lowest BCUT2D eigenvalue weighted by Crippen LogP contribution is -2.59. The van der Waals surface area contributed by atoms with Gasteiger partial charge in [0.2, 0.25) is 5.91 Å². The second-order valence-electron chi connectivity index (χ2n) is 8.39. The van der Waals surface area contributed by atoms with Crippen molar-refractivity contribution in [2.24, 2.45) is 0 Å². The van der Waals surface area contributed by atoms with E-state index in [-0.39, 0.29) is 17.2 Å². The lowest BCUT2D eigenvalue weighted by Gasteiger charge is -2.36. The molecular formula is C20H33N3O2S. The number of aryl methyl sites for hydroxylation is 1. The maximum absolute atomic E-state index is 13.0. The van der Waals surface area contributed by atoms with Crippen LogP contribution in [0.4, 0.5) is 0 Å². The summed E-state index contributed by atoms with van der Waals surface area (Å²) >= 11 is 1.44. The van der Waals surface area contributed by atoms with Gasteiger partial charge in [-0.2, -0.15) is 0 Å². The van der Waals surface area contributed by atoms with Gasteiger partial charge in [0.1, 0.15) is 10.4 Å². The molecule has 0 unspecified atom stereocenters. The summed E-state index contributed by atoms with van der Waals surface area (Å²) in [6.45, 7) is 10.9. The zero-order chi connectivity index (χ0) is 19.4. The van der Waals surface area contributed by atoms with Gasteiger partial charge in [0.15, 0.2) is 0 Å². The average Bonchev–Trinajstić information content (AvgIpc) is 2.98. The molecule has 0 aliphatic heterocycles. The van der Waals surface area contributed by atoms with Crippen LogP contribution in [0.3, 0.4) is 0 Å². The van der Waals surface area contributed by atoms with Crippen molar-refractivity contribution in [1.29, 1.82) is 0 Å². The van der Waals surface area contributed by atoms with Gasteiger partial charge in [0.25, 0.3) is 5.91 Å². The summed E-state index contributed by atoms with van der Waals surface area (Å²) < 4.78 is 0. The van der Waals surface area contributed by atoms with Gasteiger partial charge >= 0.3 is 0 Å². The van der Waals surface area contributed by atoms with Crippen molar-refractivity contribution in [2.45, 2.75) is 90.5 Å². The Labute approximate surface area is 161 Å². The van der Waals surface area contributed by atoms with Crippen LogP contribution in [0.25, 0.3) is 0 Å². The first-order valence-electron chi connectivity index (χ1n) is 9.78. The number of carbonyl (C=O) groups excluding carboxylic acids is 2. The molecule has 0 bridgehead atoms. The molecule has 0 saturated heterocycles. The molecule has 1 saturated carbocycles. The lowest BCUT2D eigenvalue weighted by atomic mass is 9.80. The largest absolute Gasteiger partial charge is 0.354 e. The smallest absolute Gasteiger partial charge is 0.264 e. The molecule has 0 aromatic carbocycles. The highest BCUT2D eigenvalue weighted by atomic mass is 32.1. The van der Waals surface area contributed by atoms with Crippen molar-refractivity contribution >= 4 is 23.2 Å². The molecule has 6 heteroatoms. The summed E-state index contributed by atoms with van der Waals surface area (Å²) in [5, 5.41) is 7.08. The fourth-order valence-electron chi connectivity index (χ4n) is 3.31. The molecule has 1 aliphatic rings. The third kappa shape index (κ3) is 4.84. The number of aromatic nitrogens is 1. The first-order valence-corrected chi connectivity index (χ1v) is 10.6. The van der Waals surface area contributed by atoms with Gasteiger partial charge in [-0.05, 0) is 26.2 Å². The minimum Gasteiger partial charge on any atom is -0.354 e. The van der Waals surface area contributed by atoms with E-state index in [4.69, 9.17) is 0 Å². The van der Waals surface area contributed by atoms with Gasteiger partial charge < -0.3 is 10.6 Å². The van der Waals surface area contributed by atoms with Crippen LogP contribution >= 0.6 is 11.3 Å². The monoisotopic (exact) mass is 379 g/mol. The second-order valence-corrected chi connectivity index (χ2v) is 9.39. The zero-order valence-corrected chi connectivity index (χ0v) is 17.6. The lowest BCUT2D eigenvalue weighted by molar-refractivity contribution is -0.128. The Hall–Kier alpha value is -1.43. The number of hydrogen-bond acceptors (Lipinski definition) is 4. The van der Waals surface area contributed by atoms with Crippen LogP contribution in [-0.2, 0) is 10.2 Å². The highest BCUT2D eigenvalue weighted by Crippen LogP contribution is 2.32. The second kappa shape index (κ2) is 8.51. The van der Waals surface area contributed by atoms with Crippen molar-refractivity contribution in [3.05, 3.63) is 15.6 Å². The van der Waals surface area contributed by atoms with Crippen molar-refractivity contribution in [3.63, 3.8) is 0 Å². The number of hydrogen-bond donors (Lipinski definition) is 2. The summed E-state index contributed by atoms with van der Waals surface area (Å²) in [4.78, 5) is 31.1. The number of amides is 2. The molecular weight excluding hydrogens is 346 g/mol. The van der Waals surface area contributed by atoms with Crippen LogP contribution in [0.1, 0.15) is 93.0 Å². The molecule has 1 aromatic rings. The van der Waals surface area contributed by atoms with E-state index in [9.17, 15) is 9.59 Å². The SMILES string of the molecule is CCCCNC(=O)C1(NC(=O)c2sc(C(C)(C)C)nc2C)CCCCC1. The van der Waals surface area contributed by atoms with Crippen LogP contribution in [0.2, 0.25) is 0 Å². The number of rotatable bonds is 6. The Morgan fingerprint density at radius 1 is 1.19 bits per heavy atom. The minimum absolute atomic E-state index is 0.0304. The predicted molar refractivity (Wildman–Crippen MR) is 107 cm³/mol. The molecule has 1 heterocycles. The van der Waals surface area contributed by atoms with Crippen molar-refractivity contribution in [2.75, 3.05) is 6.54 Å². The first-order chi connectivity index (χ1) is 12.2. The number of unbranched alkanes of at least 4 members (excludes halogenated alkanes) is 1. The van der Waals surface area contributed by atoms with Gasteiger partial charge in [-0.1, -0.05) is 53.4 Å². The van der Waals surface area contributed by atoms with Crippen molar-refractivity contribution in [1.82, 2.24) is 15.6 Å². The molecule has 1 aromatic heterocycles. The molecule has 26 heavy (non-hydrogen) atoms. The molecule has 2 amide bonds. The van der Waals surface area contributed by atoms with Gasteiger partial charge in [0, 0.05) is 12.0 Å². The summed E-state index contributed by atoms with van der Waals surface area (Å²) in [7, 11) is 0. The fourth-order valence-corrected chi connectivity index (χ4v) is 4.33. The van der Waals surface area contributed by atoms with Gasteiger partial charge in [-0.25, -0.2) is 4.98 Å². The number of carbonyl (C=O) groups is 2. The summed E-state index contributed by atoms with van der Waals surface area (Å²) in [5.41, 5.74) is -0.121. The van der Waals surface area contributed by atoms with Crippen LogP contribution in [0, 0.1) is 6.92 Å². The van der Waals surface area contributed by atoms with E-state index in [2.05, 4.69) is 43.3 Å². The molecule has 0 radical (unpaired) electrons. The van der Waals surface area contributed by atoms with E-state index in [1.165, 1.54) is 11.3 Å². The number of nitrogens with one attached hydrogen (secondary N) is 2. The summed E-state index contributed by atoms with van der Waals surface area (Å²) in [5.74, 6) is -0.194. The molecule has 5 nitrogen and oxygen atoms in total. The number of thiazole rings is 1. The molecule has 0 atom stereocenters. The predicted octanol–water partition coefficient (Wildman–Crippen LogP) is 4.10. The van der Waals surface area contributed by atoms with E-state index in [0.717, 1.165) is 42.8 Å². The molecule has 1 aliphatic carbocycles. The first kappa shape index (κ1) is 20.9. The third-order valence-electron chi connectivity index (χ3n) is 4.95. The summed E-state index contributed by atoms with van der Waals surface area (Å²) in [6.07, 6.45) is 6.47. The third-order valence-corrected chi connectivity index (χ3v) is 6.54. The van der Waals surface area contributed by atoms with Gasteiger partial charge in [-0.15, -0.1) is 11.3 Å². The Balaban J connectivity index is 2.19.